The monoisotopic (exact) mass is 353 g/mol. The molecule has 0 bridgehead atoms. The summed E-state index contributed by atoms with van der Waals surface area (Å²) in [6.07, 6.45) is 0. The van der Waals surface area contributed by atoms with E-state index in [1.165, 1.54) is 0 Å². The number of nitrogens with zero attached hydrogens (tertiary/aromatic N) is 1. The molecule has 2 aromatic carbocycles. The van der Waals surface area contributed by atoms with Gasteiger partial charge in [0.05, 0.1) is 11.0 Å². The number of rotatable bonds is 2. The van der Waals surface area contributed by atoms with E-state index in [-0.39, 0.29) is 10.3 Å². The largest absolute Gasteiger partial charge is 0.316 e. The summed E-state index contributed by atoms with van der Waals surface area (Å²) in [5.74, 6) is 0. The van der Waals surface area contributed by atoms with Crippen LogP contribution in [0.5, 0.6) is 0 Å². The van der Waals surface area contributed by atoms with Crippen LogP contribution in [0.2, 0.25) is 0 Å². The minimum absolute atomic E-state index is 0.327. The number of benzene rings is 2. The van der Waals surface area contributed by atoms with Gasteiger partial charge in [-0.3, -0.25) is 0 Å². The first-order chi connectivity index (χ1) is 11.6. The first-order valence-electron chi connectivity index (χ1n) is 8.84. The molecule has 25 heavy (non-hydrogen) atoms. The highest BCUT2D eigenvalue weighted by Crippen LogP contribution is 2.66. The normalized spacial score (nSPS) is 13.4. The average molecular weight is 353 g/mol. The molecule has 0 aliphatic rings. The summed E-state index contributed by atoms with van der Waals surface area (Å²) >= 11 is 0. The molecule has 0 radical (unpaired) electrons. The van der Waals surface area contributed by atoms with Gasteiger partial charge in [-0.1, -0.05) is 77.9 Å². The number of fused-ring (bicyclic) bond motifs is 1. The van der Waals surface area contributed by atoms with E-state index in [0.717, 1.165) is 22.0 Å². The second kappa shape index (κ2) is 5.88. The van der Waals surface area contributed by atoms with Crippen molar-refractivity contribution in [1.82, 2.24) is 4.57 Å². The van der Waals surface area contributed by atoms with Gasteiger partial charge >= 0.3 is 0 Å². The van der Waals surface area contributed by atoms with Crippen LogP contribution in [0.25, 0.3) is 16.6 Å². The predicted molar refractivity (Wildman–Crippen MR) is 110 cm³/mol. The fourth-order valence-electron chi connectivity index (χ4n) is 3.91. The standard InChI is InChI=1S/C22H28NOP/c1-21(2,3)25(24,22(4,5)6)20-16-17-12-10-11-15-19(17)23(20)18-13-8-7-9-14-18/h7-16H,1-6H3. The van der Waals surface area contributed by atoms with E-state index in [9.17, 15) is 4.57 Å². The van der Waals surface area contributed by atoms with Gasteiger partial charge in [0.1, 0.15) is 7.14 Å². The highest BCUT2D eigenvalue weighted by Gasteiger charge is 2.49. The molecule has 0 saturated heterocycles. The smallest absolute Gasteiger partial charge is 0.141 e. The van der Waals surface area contributed by atoms with Crippen LogP contribution in [0.15, 0.2) is 60.7 Å². The van der Waals surface area contributed by atoms with E-state index >= 15 is 0 Å². The zero-order chi connectivity index (χ0) is 18.5. The van der Waals surface area contributed by atoms with E-state index in [0.29, 0.717) is 0 Å². The number of hydrogen-bond donors (Lipinski definition) is 0. The summed E-state index contributed by atoms with van der Waals surface area (Å²) in [4.78, 5) is 0. The van der Waals surface area contributed by atoms with Gasteiger partial charge in [-0.05, 0) is 24.3 Å². The Morgan fingerprint density at radius 2 is 1.28 bits per heavy atom. The van der Waals surface area contributed by atoms with Crippen LogP contribution in [-0.2, 0) is 4.57 Å². The van der Waals surface area contributed by atoms with E-state index in [2.05, 4.69) is 76.4 Å². The molecule has 0 aliphatic heterocycles. The molecule has 0 amide bonds. The second-order valence-electron chi connectivity index (χ2n) is 8.68. The van der Waals surface area contributed by atoms with Crippen molar-refractivity contribution in [2.75, 3.05) is 0 Å². The van der Waals surface area contributed by atoms with Crippen molar-refractivity contribution in [3.05, 3.63) is 60.7 Å². The summed E-state index contributed by atoms with van der Waals surface area (Å²) in [5, 5.41) is 0.480. The molecule has 1 heterocycles. The number of para-hydroxylation sites is 2. The molecule has 0 unspecified atom stereocenters. The van der Waals surface area contributed by atoms with Crippen LogP contribution in [0.4, 0.5) is 0 Å². The Balaban J connectivity index is 2.46. The zero-order valence-corrected chi connectivity index (χ0v) is 17.0. The lowest BCUT2D eigenvalue weighted by Crippen LogP contribution is -2.37. The molecule has 0 saturated carbocycles. The summed E-state index contributed by atoms with van der Waals surface area (Å²) in [7, 11) is -2.75. The minimum Gasteiger partial charge on any atom is -0.316 e. The summed E-state index contributed by atoms with van der Waals surface area (Å²) in [6.45, 7) is 12.6. The third-order valence-electron chi connectivity index (χ3n) is 4.92. The SMILES string of the molecule is CC(C)(C)P(=O)(c1cc2ccccc2n1-c1ccccc1)C(C)(C)C. The van der Waals surface area contributed by atoms with Crippen molar-refractivity contribution in [2.45, 2.75) is 51.9 Å². The molecule has 0 spiro atoms. The van der Waals surface area contributed by atoms with Crippen LogP contribution in [0, 0.1) is 0 Å². The maximum Gasteiger partial charge on any atom is 0.141 e. The quantitative estimate of drug-likeness (QED) is 0.502. The van der Waals surface area contributed by atoms with Gasteiger partial charge in [-0.15, -0.1) is 0 Å². The molecule has 2 nitrogen and oxygen atoms in total. The molecule has 3 aromatic rings. The van der Waals surface area contributed by atoms with Gasteiger partial charge in [0, 0.05) is 21.4 Å². The first kappa shape index (κ1) is 18.0. The average Bonchev–Trinajstić information content (AvgIpc) is 2.92. The lowest BCUT2D eigenvalue weighted by molar-refractivity contribution is 0.526. The topological polar surface area (TPSA) is 22.0 Å². The molecular formula is C22H28NOP. The Bertz CT molecular complexity index is 922. The summed E-state index contributed by atoms with van der Waals surface area (Å²) in [6, 6.07) is 20.7. The molecule has 1 aromatic heterocycles. The molecule has 132 valence electrons. The molecule has 0 aliphatic carbocycles. The van der Waals surface area contributed by atoms with Gasteiger partial charge in [-0.25, -0.2) is 0 Å². The minimum atomic E-state index is -2.75. The van der Waals surface area contributed by atoms with Crippen molar-refractivity contribution in [2.24, 2.45) is 0 Å². The van der Waals surface area contributed by atoms with Crippen LogP contribution in [0.1, 0.15) is 41.5 Å². The molecule has 3 heteroatoms. The first-order valence-corrected chi connectivity index (χ1v) is 10.5. The number of aromatic nitrogens is 1. The van der Waals surface area contributed by atoms with E-state index < -0.39 is 7.14 Å². The second-order valence-corrected chi connectivity index (χ2v) is 13.0. The highest BCUT2D eigenvalue weighted by molar-refractivity contribution is 7.74. The fraction of sp³-hybridized carbons (Fsp3) is 0.364. The Morgan fingerprint density at radius 3 is 1.84 bits per heavy atom. The third-order valence-corrected chi connectivity index (χ3v) is 9.67. The molecule has 0 fully saturated rings. The predicted octanol–water partition coefficient (Wildman–Crippen LogP) is 6.22. The van der Waals surface area contributed by atoms with Crippen molar-refractivity contribution in [1.29, 1.82) is 0 Å². The Labute approximate surface area is 151 Å². The van der Waals surface area contributed by atoms with Crippen LogP contribution in [0.3, 0.4) is 0 Å². The van der Waals surface area contributed by atoms with Crippen LogP contribution in [-0.4, -0.2) is 14.9 Å². The number of hydrogen-bond acceptors (Lipinski definition) is 1. The van der Waals surface area contributed by atoms with Gasteiger partial charge in [0.25, 0.3) is 0 Å². The van der Waals surface area contributed by atoms with Gasteiger partial charge < -0.3 is 9.13 Å². The van der Waals surface area contributed by atoms with E-state index in [1.54, 1.807) is 0 Å². The van der Waals surface area contributed by atoms with Crippen molar-refractivity contribution < 1.29 is 4.57 Å². The summed E-state index contributed by atoms with van der Waals surface area (Å²) in [5.41, 5.74) is 3.12. The van der Waals surface area contributed by atoms with Crippen LogP contribution >= 0.6 is 7.14 Å². The van der Waals surface area contributed by atoms with Crippen molar-refractivity contribution in [3.63, 3.8) is 0 Å². The van der Waals surface area contributed by atoms with Gasteiger partial charge in [0.2, 0.25) is 0 Å². The highest BCUT2D eigenvalue weighted by atomic mass is 31.2. The third kappa shape index (κ3) is 2.77. The van der Waals surface area contributed by atoms with Gasteiger partial charge in [-0.2, -0.15) is 0 Å². The summed E-state index contributed by atoms with van der Waals surface area (Å²) < 4.78 is 16.8. The van der Waals surface area contributed by atoms with Crippen LogP contribution < -0.4 is 5.44 Å². The van der Waals surface area contributed by atoms with E-state index in [1.807, 2.05) is 30.3 Å². The Morgan fingerprint density at radius 1 is 0.760 bits per heavy atom. The molecule has 0 atom stereocenters. The zero-order valence-electron chi connectivity index (χ0n) is 16.1. The van der Waals surface area contributed by atoms with Gasteiger partial charge in [0.15, 0.2) is 0 Å². The maximum absolute atomic E-state index is 14.6. The Hall–Kier alpha value is -1.79. The fourth-order valence-corrected chi connectivity index (χ4v) is 8.13. The van der Waals surface area contributed by atoms with Crippen molar-refractivity contribution >= 4 is 23.5 Å². The van der Waals surface area contributed by atoms with Crippen molar-refractivity contribution in [3.8, 4) is 5.69 Å². The Kier molecular flexibility index (Phi) is 4.24. The lowest BCUT2D eigenvalue weighted by Gasteiger charge is -2.41. The molecule has 0 N–H and O–H groups in total. The lowest BCUT2D eigenvalue weighted by atomic mass is 10.2. The molecular weight excluding hydrogens is 325 g/mol. The maximum atomic E-state index is 14.6. The molecule has 3 rings (SSSR count). The van der Waals surface area contributed by atoms with E-state index in [4.69, 9.17) is 0 Å².